The van der Waals surface area contributed by atoms with E-state index in [0.717, 1.165) is 30.4 Å². The number of aromatic nitrogens is 3. The minimum atomic E-state index is 0.372. The topological polar surface area (TPSA) is 69.2 Å². The molecule has 4 aliphatic rings. The van der Waals surface area contributed by atoms with Crippen LogP contribution in [-0.2, 0) is 4.74 Å². The van der Waals surface area contributed by atoms with Crippen molar-refractivity contribution in [2.45, 2.75) is 56.1 Å². The first-order valence-electron chi connectivity index (χ1n) is 10.5. The summed E-state index contributed by atoms with van der Waals surface area (Å²) in [5.41, 5.74) is 9.14. The van der Waals surface area contributed by atoms with Crippen LogP contribution in [0.1, 0.15) is 49.8 Å². The van der Waals surface area contributed by atoms with Gasteiger partial charge in [-0.05, 0) is 50.2 Å². The molecule has 0 radical (unpaired) electrons. The van der Waals surface area contributed by atoms with E-state index in [1.54, 1.807) is 6.20 Å². The number of ether oxygens (including phenoxy) is 1. The molecule has 2 aliphatic carbocycles. The number of likely N-dealkylation sites (tertiary alicyclic amines) is 1. The van der Waals surface area contributed by atoms with E-state index in [4.69, 9.17) is 27.2 Å². The number of hydrogen-bond acceptors (Lipinski definition) is 5. The van der Waals surface area contributed by atoms with Gasteiger partial charge in [0.05, 0.1) is 36.0 Å². The van der Waals surface area contributed by atoms with Crippen molar-refractivity contribution in [3.05, 3.63) is 29.0 Å². The monoisotopic (exact) mass is 399 g/mol. The number of pyridine rings is 1. The van der Waals surface area contributed by atoms with Crippen LogP contribution in [0.15, 0.2) is 18.3 Å². The maximum absolute atomic E-state index is 6.22. The van der Waals surface area contributed by atoms with Gasteiger partial charge in [-0.3, -0.25) is 9.58 Å². The first-order chi connectivity index (χ1) is 13.7. The van der Waals surface area contributed by atoms with E-state index in [0.29, 0.717) is 34.9 Å². The van der Waals surface area contributed by atoms with Crippen LogP contribution in [0.3, 0.4) is 0 Å². The van der Waals surface area contributed by atoms with Crippen LogP contribution in [-0.4, -0.2) is 51.5 Å². The molecule has 1 unspecified atom stereocenters. The summed E-state index contributed by atoms with van der Waals surface area (Å²) in [7, 11) is 0. The van der Waals surface area contributed by atoms with E-state index in [-0.39, 0.29) is 0 Å². The molecule has 2 aromatic heterocycles. The third kappa shape index (κ3) is 2.61. The molecule has 0 amide bonds. The van der Waals surface area contributed by atoms with Gasteiger partial charge < -0.3 is 10.5 Å². The van der Waals surface area contributed by atoms with E-state index < -0.39 is 0 Å². The zero-order chi connectivity index (χ0) is 18.8. The molecule has 3 atom stereocenters. The largest absolute Gasteiger partial charge is 0.382 e. The smallest absolute Gasteiger partial charge is 0.142 e. The third-order valence-electron chi connectivity index (χ3n) is 7.40. The molecule has 4 fully saturated rings. The molecule has 2 bridgehead atoms. The molecule has 2 N–H and O–H groups in total. The van der Waals surface area contributed by atoms with Gasteiger partial charge in [-0.1, -0.05) is 11.6 Å². The number of nitrogen functional groups attached to an aromatic ring is 1. The van der Waals surface area contributed by atoms with Crippen molar-refractivity contribution in [2.24, 2.45) is 5.92 Å². The van der Waals surface area contributed by atoms with Crippen molar-refractivity contribution in [3.63, 3.8) is 0 Å². The molecule has 28 heavy (non-hydrogen) atoms. The Kier molecular flexibility index (Phi) is 3.97. The van der Waals surface area contributed by atoms with Gasteiger partial charge in [0.15, 0.2) is 0 Å². The SMILES string of the molecule is Nc1ncc(-c2cc([C@@H]3CC4C[C@H]3CN4C3COC3)n(C3CCC3)n2)cc1Cl. The highest BCUT2D eigenvalue weighted by atomic mass is 35.5. The predicted molar refractivity (Wildman–Crippen MR) is 108 cm³/mol. The molecule has 0 aromatic carbocycles. The number of nitrogens with zero attached hydrogens (tertiary/aromatic N) is 4. The van der Waals surface area contributed by atoms with Crippen LogP contribution in [0, 0.1) is 5.92 Å². The zero-order valence-corrected chi connectivity index (χ0v) is 16.7. The van der Waals surface area contributed by atoms with E-state index in [9.17, 15) is 0 Å². The number of halogens is 1. The Hall–Kier alpha value is -1.63. The molecule has 2 saturated carbocycles. The number of fused-ring (bicyclic) bond motifs is 2. The van der Waals surface area contributed by atoms with Crippen molar-refractivity contribution in [1.29, 1.82) is 0 Å². The first kappa shape index (κ1) is 17.2. The Balaban J connectivity index is 1.32. The Labute approximate surface area is 170 Å². The highest BCUT2D eigenvalue weighted by molar-refractivity contribution is 6.33. The summed E-state index contributed by atoms with van der Waals surface area (Å²) in [6.45, 7) is 3.05. The Morgan fingerprint density at radius 3 is 2.57 bits per heavy atom. The first-order valence-corrected chi connectivity index (χ1v) is 10.9. The highest BCUT2D eigenvalue weighted by Gasteiger charge is 2.49. The number of rotatable bonds is 4. The van der Waals surface area contributed by atoms with Crippen molar-refractivity contribution in [1.82, 2.24) is 19.7 Å². The molecular weight excluding hydrogens is 374 g/mol. The summed E-state index contributed by atoms with van der Waals surface area (Å²) >= 11 is 6.22. The van der Waals surface area contributed by atoms with E-state index >= 15 is 0 Å². The fourth-order valence-corrected chi connectivity index (χ4v) is 5.72. The van der Waals surface area contributed by atoms with Crippen LogP contribution in [0.4, 0.5) is 5.82 Å². The summed E-state index contributed by atoms with van der Waals surface area (Å²) in [6, 6.07) is 6.11. The number of piperidine rings is 1. The predicted octanol–water partition coefficient (Wildman–Crippen LogP) is 3.48. The molecular formula is C21H26ClN5O. The number of anilines is 1. The fraction of sp³-hybridized carbons (Fsp3) is 0.619. The minimum Gasteiger partial charge on any atom is -0.382 e. The third-order valence-corrected chi connectivity index (χ3v) is 7.71. The summed E-state index contributed by atoms with van der Waals surface area (Å²) < 4.78 is 7.77. The van der Waals surface area contributed by atoms with Crippen molar-refractivity contribution >= 4 is 17.4 Å². The quantitative estimate of drug-likeness (QED) is 0.852. The summed E-state index contributed by atoms with van der Waals surface area (Å²) in [4.78, 5) is 6.94. The van der Waals surface area contributed by atoms with Crippen LogP contribution in [0.5, 0.6) is 0 Å². The normalized spacial score (nSPS) is 30.5. The van der Waals surface area contributed by atoms with Crippen molar-refractivity contribution in [2.75, 3.05) is 25.5 Å². The Bertz CT molecular complexity index is 906. The number of nitrogens with two attached hydrogens (primary N) is 1. The zero-order valence-electron chi connectivity index (χ0n) is 15.9. The lowest BCUT2D eigenvalue weighted by atomic mass is 9.88. The summed E-state index contributed by atoms with van der Waals surface area (Å²) in [5.74, 6) is 1.72. The molecule has 2 aromatic rings. The lowest BCUT2D eigenvalue weighted by Crippen LogP contribution is -2.52. The van der Waals surface area contributed by atoms with Gasteiger partial charge in [0.2, 0.25) is 0 Å². The van der Waals surface area contributed by atoms with E-state index in [1.807, 2.05) is 6.07 Å². The van der Waals surface area contributed by atoms with Gasteiger partial charge in [0.1, 0.15) is 5.82 Å². The van der Waals surface area contributed by atoms with Gasteiger partial charge in [-0.25, -0.2) is 4.98 Å². The summed E-state index contributed by atoms with van der Waals surface area (Å²) in [6.07, 6.45) is 8.14. The van der Waals surface area contributed by atoms with Crippen molar-refractivity contribution in [3.8, 4) is 11.3 Å². The second-order valence-electron chi connectivity index (χ2n) is 8.95. The molecule has 2 aliphatic heterocycles. The van der Waals surface area contributed by atoms with Gasteiger partial charge in [0, 0.05) is 36.0 Å². The Morgan fingerprint density at radius 1 is 1.11 bits per heavy atom. The fourth-order valence-electron chi connectivity index (χ4n) is 5.55. The lowest BCUT2D eigenvalue weighted by Gasteiger charge is -2.41. The van der Waals surface area contributed by atoms with Gasteiger partial charge in [-0.15, -0.1) is 0 Å². The van der Waals surface area contributed by atoms with E-state index in [1.165, 1.54) is 44.3 Å². The minimum absolute atomic E-state index is 0.372. The molecule has 0 spiro atoms. The summed E-state index contributed by atoms with van der Waals surface area (Å²) in [5, 5.41) is 5.52. The highest BCUT2D eigenvalue weighted by Crippen LogP contribution is 2.50. The molecule has 6 nitrogen and oxygen atoms in total. The van der Waals surface area contributed by atoms with Crippen LogP contribution in [0.25, 0.3) is 11.3 Å². The maximum atomic E-state index is 6.22. The van der Waals surface area contributed by atoms with E-state index in [2.05, 4.69) is 20.6 Å². The Morgan fingerprint density at radius 2 is 1.96 bits per heavy atom. The molecule has 2 saturated heterocycles. The molecule has 6 rings (SSSR count). The average Bonchev–Trinajstić information content (AvgIpc) is 3.28. The average molecular weight is 400 g/mol. The second-order valence-corrected chi connectivity index (χ2v) is 9.36. The van der Waals surface area contributed by atoms with Crippen LogP contribution < -0.4 is 5.73 Å². The van der Waals surface area contributed by atoms with Gasteiger partial charge >= 0.3 is 0 Å². The number of hydrogen-bond donors (Lipinski definition) is 1. The molecule has 7 heteroatoms. The standard InChI is InChI=1S/C21H26ClN5O/c22-18-5-12(8-24-21(18)23)19-7-20(27(25-19)14-2-1-3-14)17-6-15-4-13(17)9-26(15)16-10-28-11-16/h5,7-8,13-17H,1-4,6,9-11H2,(H2,23,24)/t13-,15?,17+/m0/s1. The van der Waals surface area contributed by atoms with Gasteiger partial charge in [-0.2, -0.15) is 5.10 Å². The molecule has 148 valence electrons. The maximum Gasteiger partial charge on any atom is 0.142 e. The van der Waals surface area contributed by atoms with Crippen LogP contribution in [0.2, 0.25) is 5.02 Å². The van der Waals surface area contributed by atoms with Crippen molar-refractivity contribution < 1.29 is 4.74 Å². The van der Waals surface area contributed by atoms with Crippen LogP contribution >= 0.6 is 11.6 Å². The molecule has 4 heterocycles. The second kappa shape index (κ2) is 6.44. The van der Waals surface area contributed by atoms with Gasteiger partial charge in [0.25, 0.3) is 0 Å². The lowest BCUT2D eigenvalue weighted by molar-refractivity contribution is -0.0757.